The van der Waals surface area contributed by atoms with Gasteiger partial charge in [0.1, 0.15) is 5.56 Å². The van der Waals surface area contributed by atoms with Crippen molar-refractivity contribution in [2.24, 2.45) is 0 Å². The van der Waals surface area contributed by atoms with E-state index in [2.05, 4.69) is 5.32 Å². The second kappa shape index (κ2) is 7.19. The third-order valence-corrected chi connectivity index (χ3v) is 2.79. The molecular weight excluding hydrogens is 279 g/mol. The van der Waals surface area contributed by atoms with E-state index in [1.807, 2.05) is 6.07 Å². The minimum absolute atomic E-state index is 0.0279. The SMILES string of the molecule is CCNc1cc(C(=O)N(C)CCC#N)c([N+](=O)[O-])cc1F. The van der Waals surface area contributed by atoms with Crippen LogP contribution in [0.5, 0.6) is 0 Å². The molecule has 0 atom stereocenters. The average Bonchev–Trinajstić information content (AvgIpc) is 2.45. The van der Waals surface area contributed by atoms with Crippen LogP contribution in [0.25, 0.3) is 0 Å². The maximum Gasteiger partial charge on any atom is 0.285 e. The number of nitrogens with zero attached hydrogens (tertiary/aromatic N) is 3. The smallest absolute Gasteiger partial charge is 0.285 e. The Bertz CT molecular complexity index is 598. The van der Waals surface area contributed by atoms with Crippen molar-refractivity contribution in [2.75, 3.05) is 25.5 Å². The number of benzene rings is 1. The zero-order chi connectivity index (χ0) is 16.0. The summed E-state index contributed by atoms with van der Waals surface area (Å²) in [7, 11) is 1.43. The number of halogens is 1. The van der Waals surface area contributed by atoms with Crippen molar-refractivity contribution in [2.45, 2.75) is 13.3 Å². The molecule has 1 aromatic carbocycles. The molecule has 112 valence electrons. The van der Waals surface area contributed by atoms with Crippen LogP contribution in [0.4, 0.5) is 15.8 Å². The van der Waals surface area contributed by atoms with Crippen LogP contribution < -0.4 is 5.32 Å². The normalized spacial score (nSPS) is 9.81. The fourth-order valence-electron chi connectivity index (χ4n) is 1.74. The Morgan fingerprint density at radius 3 is 2.76 bits per heavy atom. The van der Waals surface area contributed by atoms with Crippen LogP contribution in [0.1, 0.15) is 23.7 Å². The van der Waals surface area contributed by atoms with E-state index in [-0.39, 0.29) is 24.2 Å². The largest absolute Gasteiger partial charge is 0.383 e. The number of hydrogen-bond acceptors (Lipinski definition) is 5. The van der Waals surface area contributed by atoms with Crippen LogP contribution in [0.2, 0.25) is 0 Å². The molecule has 8 heteroatoms. The Hall–Kier alpha value is -2.69. The van der Waals surface area contributed by atoms with Gasteiger partial charge in [0.15, 0.2) is 5.82 Å². The second-order valence-electron chi connectivity index (χ2n) is 4.27. The number of carbonyl (C=O) groups excluding carboxylic acids is 1. The van der Waals surface area contributed by atoms with Gasteiger partial charge in [-0.25, -0.2) is 4.39 Å². The lowest BCUT2D eigenvalue weighted by Gasteiger charge is -2.16. The molecule has 0 heterocycles. The molecule has 1 rings (SSSR count). The van der Waals surface area contributed by atoms with E-state index in [0.29, 0.717) is 6.54 Å². The summed E-state index contributed by atoms with van der Waals surface area (Å²) in [5.41, 5.74) is -0.777. The number of nitrogens with one attached hydrogen (secondary N) is 1. The van der Waals surface area contributed by atoms with Crippen molar-refractivity contribution >= 4 is 17.3 Å². The van der Waals surface area contributed by atoms with Gasteiger partial charge in [0.2, 0.25) is 0 Å². The van der Waals surface area contributed by atoms with Crippen molar-refractivity contribution in [3.8, 4) is 6.07 Å². The highest BCUT2D eigenvalue weighted by Gasteiger charge is 2.25. The summed E-state index contributed by atoms with van der Waals surface area (Å²) in [6.07, 6.45) is 0.108. The summed E-state index contributed by atoms with van der Waals surface area (Å²) in [5, 5.41) is 22.2. The molecule has 1 aromatic rings. The first-order valence-electron chi connectivity index (χ1n) is 6.26. The summed E-state index contributed by atoms with van der Waals surface area (Å²) in [4.78, 5) is 23.6. The van der Waals surface area contributed by atoms with Crippen LogP contribution in [0, 0.1) is 27.3 Å². The number of nitro groups is 1. The molecule has 0 aliphatic rings. The van der Waals surface area contributed by atoms with E-state index in [9.17, 15) is 19.3 Å². The Balaban J connectivity index is 3.24. The van der Waals surface area contributed by atoms with Crippen molar-refractivity contribution in [3.63, 3.8) is 0 Å². The van der Waals surface area contributed by atoms with Gasteiger partial charge in [0.25, 0.3) is 11.6 Å². The van der Waals surface area contributed by atoms with E-state index < -0.39 is 22.3 Å². The van der Waals surface area contributed by atoms with Crippen LogP contribution in [0.3, 0.4) is 0 Å². The Morgan fingerprint density at radius 1 is 1.57 bits per heavy atom. The molecule has 0 bridgehead atoms. The minimum atomic E-state index is -0.801. The minimum Gasteiger partial charge on any atom is -0.383 e. The molecule has 0 aliphatic carbocycles. The molecule has 0 radical (unpaired) electrons. The third kappa shape index (κ3) is 3.89. The van der Waals surface area contributed by atoms with Crippen LogP contribution in [-0.4, -0.2) is 35.9 Å². The van der Waals surface area contributed by atoms with E-state index in [1.54, 1.807) is 6.92 Å². The van der Waals surface area contributed by atoms with Crippen molar-refractivity contribution in [1.29, 1.82) is 5.26 Å². The molecule has 0 saturated carbocycles. The van der Waals surface area contributed by atoms with E-state index >= 15 is 0 Å². The van der Waals surface area contributed by atoms with E-state index in [1.165, 1.54) is 11.9 Å². The highest BCUT2D eigenvalue weighted by atomic mass is 19.1. The maximum atomic E-state index is 13.7. The zero-order valence-corrected chi connectivity index (χ0v) is 11.7. The molecule has 0 aromatic heterocycles. The van der Waals surface area contributed by atoms with Crippen molar-refractivity contribution in [3.05, 3.63) is 33.6 Å². The fourth-order valence-corrected chi connectivity index (χ4v) is 1.74. The molecule has 0 fully saturated rings. The lowest BCUT2D eigenvalue weighted by atomic mass is 10.1. The molecule has 1 amide bonds. The summed E-state index contributed by atoms with van der Waals surface area (Å²) in [6.45, 7) is 2.29. The predicted molar refractivity (Wildman–Crippen MR) is 74.4 cm³/mol. The van der Waals surface area contributed by atoms with E-state index in [0.717, 1.165) is 12.1 Å². The highest BCUT2D eigenvalue weighted by Crippen LogP contribution is 2.27. The Morgan fingerprint density at radius 2 is 2.24 bits per heavy atom. The predicted octanol–water partition coefficient (Wildman–Crippen LogP) is 2.15. The summed E-state index contributed by atoms with van der Waals surface area (Å²) >= 11 is 0. The number of amides is 1. The summed E-state index contributed by atoms with van der Waals surface area (Å²) in [6, 6.07) is 3.74. The molecule has 1 N–H and O–H groups in total. The topological polar surface area (TPSA) is 99.3 Å². The lowest BCUT2D eigenvalue weighted by molar-refractivity contribution is -0.385. The number of rotatable bonds is 6. The second-order valence-corrected chi connectivity index (χ2v) is 4.27. The van der Waals surface area contributed by atoms with E-state index in [4.69, 9.17) is 5.26 Å². The average molecular weight is 294 g/mol. The summed E-state index contributed by atoms with van der Waals surface area (Å²) in [5.74, 6) is -1.42. The Labute approximate surface area is 121 Å². The Kier molecular flexibility index (Phi) is 5.60. The zero-order valence-electron chi connectivity index (χ0n) is 11.7. The molecule has 0 unspecified atom stereocenters. The fraction of sp³-hybridized carbons (Fsp3) is 0.385. The van der Waals surface area contributed by atoms with Gasteiger partial charge in [0, 0.05) is 20.1 Å². The molecule has 0 aliphatic heterocycles. The van der Waals surface area contributed by atoms with Gasteiger partial charge in [-0.05, 0) is 13.0 Å². The lowest BCUT2D eigenvalue weighted by Crippen LogP contribution is -2.28. The van der Waals surface area contributed by atoms with Gasteiger partial charge < -0.3 is 10.2 Å². The monoisotopic (exact) mass is 294 g/mol. The molecular formula is C13H15FN4O3. The van der Waals surface area contributed by atoms with Gasteiger partial charge in [-0.15, -0.1) is 0 Å². The quantitative estimate of drug-likeness (QED) is 0.640. The number of nitriles is 1. The van der Waals surface area contributed by atoms with Gasteiger partial charge in [-0.1, -0.05) is 0 Å². The van der Waals surface area contributed by atoms with Gasteiger partial charge in [0.05, 0.1) is 29.2 Å². The summed E-state index contributed by atoms with van der Waals surface area (Å²) < 4.78 is 13.7. The number of nitro benzene ring substituents is 1. The molecule has 7 nitrogen and oxygen atoms in total. The standard InChI is InChI=1S/C13H15FN4O3/c1-3-16-11-7-9(12(18(20)21)8-10(11)14)13(19)17(2)6-4-5-15/h7-8,16H,3-4,6H2,1-2H3. The van der Waals surface area contributed by atoms with Crippen molar-refractivity contribution < 1.29 is 14.1 Å². The first-order chi connectivity index (χ1) is 9.92. The number of hydrogen-bond donors (Lipinski definition) is 1. The molecule has 0 saturated heterocycles. The van der Waals surface area contributed by atoms with Crippen molar-refractivity contribution in [1.82, 2.24) is 4.90 Å². The highest BCUT2D eigenvalue weighted by molar-refractivity contribution is 5.99. The third-order valence-electron chi connectivity index (χ3n) is 2.79. The first-order valence-corrected chi connectivity index (χ1v) is 6.26. The number of carbonyl (C=O) groups is 1. The van der Waals surface area contributed by atoms with Crippen LogP contribution in [-0.2, 0) is 0 Å². The molecule has 21 heavy (non-hydrogen) atoms. The van der Waals surface area contributed by atoms with Gasteiger partial charge in [-0.3, -0.25) is 14.9 Å². The van der Waals surface area contributed by atoms with Crippen LogP contribution >= 0.6 is 0 Å². The maximum absolute atomic E-state index is 13.7. The number of anilines is 1. The molecule has 0 spiro atoms. The van der Waals surface area contributed by atoms with Gasteiger partial charge >= 0.3 is 0 Å². The van der Waals surface area contributed by atoms with Crippen LogP contribution in [0.15, 0.2) is 12.1 Å². The first kappa shape index (κ1) is 16.4. The van der Waals surface area contributed by atoms with Gasteiger partial charge in [-0.2, -0.15) is 5.26 Å².